The number of amides is 1. The third-order valence-corrected chi connectivity index (χ3v) is 7.39. The molecule has 1 amide bonds. The van der Waals surface area contributed by atoms with Crippen LogP contribution in [0.5, 0.6) is 11.5 Å². The molecule has 2 aliphatic heterocycles. The number of nitrogens with two attached hydrogens (primary N) is 1. The lowest BCUT2D eigenvalue weighted by Crippen LogP contribution is -2.45. The fraction of sp³-hybridized carbons (Fsp3) is 0.536. The van der Waals surface area contributed by atoms with Crippen molar-refractivity contribution in [3.05, 3.63) is 53.9 Å². The van der Waals surface area contributed by atoms with Gasteiger partial charge in [-0.05, 0) is 62.1 Å². The van der Waals surface area contributed by atoms with E-state index in [1.165, 1.54) is 0 Å². The first-order valence-corrected chi connectivity index (χ1v) is 13.3. The summed E-state index contributed by atoms with van der Waals surface area (Å²) >= 11 is 0. The largest absolute Gasteiger partial charge is 0.481 e. The third-order valence-electron chi connectivity index (χ3n) is 7.39. The number of unbranched alkanes of at least 4 members (excludes halogenated alkanes) is 1. The van der Waals surface area contributed by atoms with Gasteiger partial charge in [-0.15, -0.1) is 0 Å². The van der Waals surface area contributed by atoms with Gasteiger partial charge in [0.2, 0.25) is 12.7 Å². The van der Waals surface area contributed by atoms with Crippen molar-refractivity contribution in [1.29, 1.82) is 0 Å². The molecule has 9 nitrogen and oxygen atoms in total. The fourth-order valence-electron chi connectivity index (χ4n) is 5.44. The highest BCUT2D eigenvalue weighted by Crippen LogP contribution is 2.43. The van der Waals surface area contributed by atoms with Gasteiger partial charge in [-0.1, -0.05) is 25.5 Å². The van der Waals surface area contributed by atoms with Crippen LogP contribution in [0.15, 0.2) is 42.6 Å². The summed E-state index contributed by atoms with van der Waals surface area (Å²) in [5.41, 5.74) is 7.52. The summed E-state index contributed by atoms with van der Waals surface area (Å²) in [5.74, 6) is -0.464. The van der Waals surface area contributed by atoms with Crippen molar-refractivity contribution in [2.75, 3.05) is 39.5 Å². The number of aryl methyl sites for hydroxylation is 1. The Morgan fingerprint density at radius 2 is 1.97 bits per heavy atom. The maximum absolute atomic E-state index is 13.5. The number of likely N-dealkylation sites (tertiary alicyclic amines) is 1. The molecule has 1 saturated heterocycles. The quantitative estimate of drug-likeness (QED) is 0.422. The van der Waals surface area contributed by atoms with Crippen molar-refractivity contribution in [1.82, 2.24) is 14.8 Å². The fourth-order valence-corrected chi connectivity index (χ4v) is 5.44. The second-order valence-electron chi connectivity index (χ2n) is 9.82. The van der Waals surface area contributed by atoms with Gasteiger partial charge in [0.15, 0.2) is 11.5 Å². The van der Waals surface area contributed by atoms with Gasteiger partial charge in [0, 0.05) is 43.5 Å². The Kier molecular flexibility index (Phi) is 9.35. The highest BCUT2D eigenvalue weighted by Gasteiger charge is 2.47. The average Bonchev–Trinajstić information content (AvgIpc) is 3.52. The van der Waals surface area contributed by atoms with Crippen LogP contribution in [0.3, 0.4) is 0 Å². The molecule has 200 valence electrons. The highest BCUT2D eigenvalue weighted by atomic mass is 16.7. The summed E-state index contributed by atoms with van der Waals surface area (Å²) in [6, 6.07) is 11.1. The zero-order valence-electron chi connectivity index (χ0n) is 21.6. The Labute approximate surface area is 218 Å². The SMILES string of the molecule is CCCCN(CCCN)C(=O)CN1C[C@H](c2ccc3c(c2)OCO3)[C@@H](C(=O)O)[C@@H]1CCc1ccccn1. The highest BCUT2D eigenvalue weighted by molar-refractivity contribution is 5.79. The lowest BCUT2D eigenvalue weighted by atomic mass is 9.83. The van der Waals surface area contributed by atoms with E-state index in [0.717, 1.165) is 30.5 Å². The Balaban J connectivity index is 1.59. The first-order chi connectivity index (χ1) is 18.0. The molecule has 1 fully saturated rings. The van der Waals surface area contributed by atoms with Crippen LogP contribution in [-0.2, 0) is 16.0 Å². The van der Waals surface area contributed by atoms with Crippen molar-refractivity contribution >= 4 is 11.9 Å². The van der Waals surface area contributed by atoms with Crippen LogP contribution in [0.4, 0.5) is 0 Å². The van der Waals surface area contributed by atoms with Crippen LogP contribution < -0.4 is 15.2 Å². The van der Waals surface area contributed by atoms with Gasteiger partial charge in [-0.2, -0.15) is 0 Å². The number of hydrogen-bond donors (Lipinski definition) is 2. The number of nitrogens with zero attached hydrogens (tertiary/aromatic N) is 3. The van der Waals surface area contributed by atoms with Crippen LogP contribution in [0, 0.1) is 5.92 Å². The molecular weight excluding hydrogens is 472 g/mol. The van der Waals surface area contributed by atoms with Crippen LogP contribution >= 0.6 is 0 Å². The number of rotatable bonds is 13. The number of carbonyl (C=O) groups is 2. The zero-order valence-corrected chi connectivity index (χ0v) is 21.6. The smallest absolute Gasteiger partial charge is 0.308 e. The standard InChI is InChI=1S/C28H38N4O5/c1-2-3-14-31(15-6-12-29)26(33)18-32-17-22(20-8-11-24-25(16-20)37-19-36-24)27(28(34)35)23(32)10-9-21-7-4-5-13-30-21/h4-5,7-8,11,13,16,22-23,27H,2-3,6,9-10,12,14-15,17-19,29H2,1H3,(H,34,35)/t22-,23+,27-/m1/s1. The number of aliphatic carboxylic acids is 1. The van der Waals surface area contributed by atoms with Crippen molar-refractivity contribution < 1.29 is 24.2 Å². The molecule has 9 heteroatoms. The monoisotopic (exact) mass is 510 g/mol. The number of hydrogen-bond acceptors (Lipinski definition) is 7. The number of carboxylic acids is 1. The number of ether oxygens (including phenoxy) is 2. The molecule has 3 heterocycles. The van der Waals surface area contributed by atoms with E-state index >= 15 is 0 Å². The molecule has 1 aromatic carbocycles. The van der Waals surface area contributed by atoms with Gasteiger partial charge in [0.25, 0.3) is 0 Å². The summed E-state index contributed by atoms with van der Waals surface area (Å²) in [7, 11) is 0. The minimum atomic E-state index is -0.852. The van der Waals surface area contributed by atoms with E-state index in [2.05, 4.69) is 16.8 Å². The molecule has 0 bridgehead atoms. The first kappa shape index (κ1) is 26.9. The molecule has 4 rings (SSSR count). The molecule has 37 heavy (non-hydrogen) atoms. The molecule has 3 atom stereocenters. The maximum Gasteiger partial charge on any atom is 0.308 e. The van der Waals surface area contributed by atoms with Crippen molar-refractivity contribution in [2.45, 2.75) is 51.0 Å². The van der Waals surface area contributed by atoms with Gasteiger partial charge in [-0.25, -0.2) is 0 Å². The van der Waals surface area contributed by atoms with Crippen LogP contribution in [-0.4, -0.2) is 77.3 Å². The third kappa shape index (κ3) is 6.59. The molecule has 0 aliphatic carbocycles. The molecule has 3 N–H and O–H groups in total. The van der Waals surface area contributed by atoms with Crippen molar-refractivity contribution in [3.63, 3.8) is 0 Å². The van der Waals surface area contributed by atoms with Gasteiger partial charge in [-0.3, -0.25) is 19.5 Å². The summed E-state index contributed by atoms with van der Waals surface area (Å²) in [4.78, 5) is 34.5. The van der Waals surface area contributed by atoms with Gasteiger partial charge < -0.3 is 25.2 Å². The molecule has 2 aliphatic rings. The number of aromatic nitrogens is 1. The summed E-state index contributed by atoms with van der Waals surface area (Å²) in [5, 5.41) is 10.4. The predicted octanol–water partition coefficient (Wildman–Crippen LogP) is 2.89. The minimum absolute atomic E-state index is 0.0280. The number of carbonyl (C=O) groups excluding carboxylic acids is 1. The van der Waals surface area contributed by atoms with E-state index in [-0.39, 0.29) is 31.2 Å². The molecule has 2 aromatic rings. The van der Waals surface area contributed by atoms with Gasteiger partial charge >= 0.3 is 5.97 Å². The summed E-state index contributed by atoms with van der Waals surface area (Å²) in [6.45, 7) is 4.77. The second-order valence-corrected chi connectivity index (χ2v) is 9.82. The Morgan fingerprint density at radius 3 is 2.70 bits per heavy atom. The lowest BCUT2D eigenvalue weighted by Gasteiger charge is -2.29. The van der Waals surface area contributed by atoms with Crippen molar-refractivity contribution in [3.8, 4) is 11.5 Å². The van der Waals surface area contributed by atoms with E-state index in [1.807, 2.05) is 41.3 Å². The van der Waals surface area contributed by atoms with Gasteiger partial charge in [0.1, 0.15) is 0 Å². The summed E-state index contributed by atoms with van der Waals surface area (Å²) in [6.07, 6.45) is 5.66. The maximum atomic E-state index is 13.5. The molecular formula is C28H38N4O5. The zero-order chi connectivity index (χ0) is 26.2. The minimum Gasteiger partial charge on any atom is -0.481 e. The van der Waals surface area contributed by atoms with E-state index in [1.54, 1.807) is 6.20 Å². The molecule has 1 aromatic heterocycles. The van der Waals surface area contributed by atoms with E-state index in [9.17, 15) is 14.7 Å². The van der Waals surface area contributed by atoms with Crippen LogP contribution in [0.2, 0.25) is 0 Å². The van der Waals surface area contributed by atoms with E-state index in [4.69, 9.17) is 15.2 Å². The normalized spacial score (nSPS) is 20.8. The van der Waals surface area contributed by atoms with Crippen molar-refractivity contribution in [2.24, 2.45) is 11.7 Å². The topological polar surface area (TPSA) is 118 Å². The lowest BCUT2D eigenvalue weighted by molar-refractivity contribution is -0.143. The van der Waals surface area contributed by atoms with Crippen LogP contribution in [0.25, 0.3) is 0 Å². The van der Waals surface area contributed by atoms with E-state index in [0.29, 0.717) is 50.5 Å². The molecule has 0 unspecified atom stereocenters. The number of fused-ring (bicyclic) bond motifs is 1. The first-order valence-electron chi connectivity index (χ1n) is 13.3. The predicted molar refractivity (Wildman–Crippen MR) is 140 cm³/mol. The molecule has 0 radical (unpaired) electrons. The number of carboxylic acid groups (broad SMARTS) is 1. The summed E-state index contributed by atoms with van der Waals surface area (Å²) < 4.78 is 11.0. The van der Waals surface area contributed by atoms with Gasteiger partial charge in [0.05, 0.1) is 12.5 Å². The molecule has 0 saturated carbocycles. The molecule has 0 spiro atoms. The Morgan fingerprint density at radius 1 is 1.16 bits per heavy atom. The Hall–Kier alpha value is -3.17. The second kappa shape index (κ2) is 12.9. The number of benzene rings is 1. The Bertz CT molecular complexity index is 1040. The van der Waals surface area contributed by atoms with E-state index < -0.39 is 11.9 Å². The van der Waals surface area contributed by atoms with Crippen LogP contribution in [0.1, 0.15) is 49.8 Å². The number of pyridine rings is 1. The average molecular weight is 511 g/mol.